The van der Waals surface area contributed by atoms with E-state index < -0.39 is 25.3 Å². The fourth-order valence-corrected chi connectivity index (χ4v) is 21.0. The predicted molar refractivity (Wildman–Crippen MR) is 182 cm³/mol. The molecule has 0 atom stereocenters. The third-order valence-corrected chi connectivity index (χ3v) is 24.9. The van der Waals surface area contributed by atoms with Gasteiger partial charge in [-0.15, -0.1) is 11.2 Å². The van der Waals surface area contributed by atoms with Gasteiger partial charge in [-0.1, -0.05) is 21.6 Å². The zero-order chi connectivity index (χ0) is 29.3. The summed E-state index contributed by atoms with van der Waals surface area (Å²) in [5.41, 5.74) is 0. The Hall–Kier alpha value is 2.08. The summed E-state index contributed by atoms with van der Waals surface area (Å²) in [4.78, 5) is 0. The molecule has 1 aliphatic rings. The second-order valence-corrected chi connectivity index (χ2v) is 25.8. The molecular formula is C23H54O8S5Si3. The topological polar surface area (TPSA) is 73.8 Å². The van der Waals surface area contributed by atoms with Crippen molar-refractivity contribution in [2.24, 2.45) is 0 Å². The van der Waals surface area contributed by atoms with Crippen LogP contribution in [0.1, 0.15) is 60.8 Å². The molecule has 0 aromatic carbocycles. The van der Waals surface area contributed by atoms with Crippen molar-refractivity contribution in [1.29, 1.82) is 0 Å². The number of hydrogen-bond donors (Lipinski definition) is 0. The van der Waals surface area contributed by atoms with Crippen molar-refractivity contribution in [2.45, 2.75) is 78.9 Å². The molecule has 16 heteroatoms. The van der Waals surface area contributed by atoms with Crippen LogP contribution in [-0.4, -0.2) is 96.4 Å². The van der Waals surface area contributed by atoms with E-state index in [0.717, 1.165) is 42.5 Å². The molecule has 1 rings (SSSR count). The molecular weight excluding hydrogens is 649 g/mol. The lowest BCUT2D eigenvalue weighted by atomic mass is 10.6. The Labute approximate surface area is 261 Å². The summed E-state index contributed by atoms with van der Waals surface area (Å²) in [6.07, 6.45) is 3.35. The lowest BCUT2D eigenvalue weighted by Gasteiger charge is -2.28. The van der Waals surface area contributed by atoms with Gasteiger partial charge in [0.2, 0.25) is 0 Å². The second-order valence-electron chi connectivity index (χ2n) is 7.99. The summed E-state index contributed by atoms with van der Waals surface area (Å²) in [6.45, 7) is 15.8. The standard InChI is InChI=1S/C18H42O6S4Si2.C5H12O2SSi/c1-7-19-29(20-8-2,21-9-3)17-13-15-25-27-28-26-16-14-18-30(22-10-4,23-11-5)24-12-6;1-6-9(7-2)5-3-4-8-9/h7-18H2,1-6H3;3-5H2,1-2H3. The smallest absolute Gasteiger partial charge is 0.390 e. The molecule has 236 valence electrons. The van der Waals surface area contributed by atoms with Crippen LogP contribution in [-0.2, 0) is 35.4 Å². The van der Waals surface area contributed by atoms with E-state index in [9.17, 15) is 0 Å². The van der Waals surface area contributed by atoms with Gasteiger partial charge < -0.3 is 35.4 Å². The van der Waals surface area contributed by atoms with Crippen LogP contribution in [0.25, 0.3) is 0 Å². The molecule has 0 bridgehead atoms. The molecule has 0 radical (unpaired) electrons. The number of rotatable bonds is 25. The van der Waals surface area contributed by atoms with Gasteiger partial charge in [-0.2, -0.15) is 0 Å². The minimum atomic E-state index is -2.49. The number of hydrogen-bond acceptors (Lipinski definition) is 13. The Bertz CT molecular complexity index is 484. The highest BCUT2D eigenvalue weighted by atomic mass is 33.7. The summed E-state index contributed by atoms with van der Waals surface area (Å²) in [5.74, 6) is 3.35. The summed E-state index contributed by atoms with van der Waals surface area (Å²) in [6, 6.07) is 2.92. The fourth-order valence-electron chi connectivity index (χ4n) is 3.80. The molecule has 0 N–H and O–H groups in total. The lowest BCUT2D eigenvalue weighted by Crippen LogP contribution is -2.46. The fraction of sp³-hybridized carbons (Fsp3) is 1.00. The van der Waals surface area contributed by atoms with Crippen molar-refractivity contribution in [1.82, 2.24) is 0 Å². The average Bonchev–Trinajstić information content (AvgIpc) is 3.41. The Morgan fingerprint density at radius 3 is 1.21 bits per heavy atom. The highest BCUT2D eigenvalue weighted by Crippen LogP contribution is 2.44. The zero-order valence-corrected chi connectivity index (χ0v) is 32.5. The van der Waals surface area contributed by atoms with E-state index in [0.29, 0.717) is 39.6 Å². The van der Waals surface area contributed by atoms with Gasteiger partial charge in [-0.3, -0.25) is 0 Å². The van der Waals surface area contributed by atoms with E-state index in [-0.39, 0.29) is 0 Å². The quantitative estimate of drug-likeness (QED) is 0.0526. The van der Waals surface area contributed by atoms with Crippen molar-refractivity contribution in [3.8, 4) is 0 Å². The van der Waals surface area contributed by atoms with Gasteiger partial charge in [-0.05, 0) is 86.2 Å². The Balaban J connectivity index is 0.00000134. The largest absolute Gasteiger partial charge is 0.500 e. The molecule has 0 amide bonds. The van der Waals surface area contributed by atoms with Gasteiger partial charge in [-0.25, -0.2) is 0 Å². The van der Waals surface area contributed by atoms with E-state index in [2.05, 4.69) is 0 Å². The highest BCUT2D eigenvalue weighted by Gasteiger charge is 2.41. The molecule has 8 nitrogen and oxygen atoms in total. The van der Waals surface area contributed by atoms with Crippen molar-refractivity contribution in [3.05, 3.63) is 0 Å². The van der Waals surface area contributed by atoms with E-state index >= 15 is 0 Å². The normalized spacial score (nSPS) is 15.4. The van der Waals surface area contributed by atoms with Crippen molar-refractivity contribution in [2.75, 3.05) is 71.1 Å². The van der Waals surface area contributed by atoms with Crippen LogP contribution in [0.5, 0.6) is 0 Å². The average molecular weight is 703 g/mol. The molecule has 0 spiro atoms. The van der Waals surface area contributed by atoms with Gasteiger partial charge >= 0.3 is 25.3 Å². The highest BCUT2D eigenvalue weighted by molar-refractivity contribution is 9.26. The monoisotopic (exact) mass is 702 g/mol. The van der Waals surface area contributed by atoms with E-state index in [1.807, 2.05) is 94.0 Å². The molecule has 1 fully saturated rings. The van der Waals surface area contributed by atoms with Crippen molar-refractivity contribution in [3.63, 3.8) is 0 Å². The minimum absolute atomic E-state index is 0.640. The molecule has 39 heavy (non-hydrogen) atoms. The molecule has 1 saturated heterocycles. The van der Waals surface area contributed by atoms with Crippen LogP contribution in [0, 0.1) is 0 Å². The molecule has 0 aliphatic carbocycles. The van der Waals surface area contributed by atoms with Crippen molar-refractivity contribution >= 4 is 77.8 Å². The van der Waals surface area contributed by atoms with Gasteiger partial charge in [0.05, 0.1) is 0 Å². The minimum Gasteiger partial charge on any atom is -0.390 e. The van der Waals surface area contributed by atoms with Gasteiger partial charge in [0.25, 0.3) is 0 Å². The van der Waals surface area contributed by atoms with Crippen LogP contribution in [0.15, 0.2) is 0 Å². The molecule has 0 aromatic heterocycles. The maximum absolute atomic E-state index is 5.90. The third-order valence-electron chi connectivity index (χ3n) is 5.30. The molecule has 1 heterocycles. The van der Waals surface area contributed by atoms with Crippen LogP contribution in [0.3, 0.4) is 0 Å². The first-order chi connectivity index (χ1) is 18.9. The van der Waals surface area contributed by atoms with Crippen LogP contribution in [0.4, 0.5) is 0 Å². The van der Waals surface area contributed by atoms with E-state index in [1.165, 1.54) is 12.2 Å². The maximum atomic E-state index is 5.90. The lowest BCUT2D eigenvalue weighted by molar-refractivity contribution is 0.0704. The van der Waals surface area contributed by atoms with Crippen LogP contribution >= 0.6 is 52.5 Å². The predicted octanol–water partition coefficient (Wildman–Crippen LogP) is 7.90. The SMILES string of the molecule is CCO[Si](CCCSSSSCCC[Si](OCC)(OCC)OCC)(OCC)OCC.CO[Si]1(OC)CCCS1. The maximum Gasteiger partial charge on any atom is 0.500 e. The summed E-state index contributed by atoms with van der Waals surface area (Å²) < 4.78 is 46.1. The first-order valence-electron chi connectivity index (χ1n) is 14.1. The second kappa shape index (κ2) is 26.5. The molecule has 1 aliphatic heterocycles. The summed E-state index contributed by atoms with van der Waals surface area (Å²) in [7, 11) is 4.33. The Morgan fingerprint density at radius 1 is 0.615 bits per heavy atom. The Morgan fingerprint density at radius 2 is 0.974 bits per heavy atom. The first kappa shape index (κ1) is 41.1. The van der Waals surface area contributed by atoms with Gasteiger partial charge in [0, 0.05) is 83.5 Å². The molecule has 0 aromatic rings. The summed E-state index contributed by atoms with van der Waals surface area (Å²) >= 11 is 1.88. The summed E-state index contributed by atoms with van der Waals surface area (Å²) in [5, 5.41) is 0. The molecule has 0 unspecified atom stereocenters. The van der Waals surface area contributed by atoms with E-state index in [4.69, 9.17) is 35.4 Å². The van der Waals surface area contributed by atoms with Crippen molar-refractivity contribution < 1.29 is 35.4 Å². The van der Waals surface area contributed by atoms with Crippen LogP contribution in [0.2, 0.25) is 18.1 Å². The third kappa shape index (κ3) is 18.5. The molecule has 0 saturated carbocycles. The Kier molecular flexibility index (Phi) is 27.9. The first-order valence-corrected chi connectivity index (χ1v) is 26.8. The van der Waals surface area contributed by atoms with Gasteiger partial charge in [0.1, 0.15) is 0 Å². The van der Waals surface area contributed by atoms with E-state index in [1.54, 1.807) is 14.2 Å². The zero-order valence-electron chi connectivity index (χ0n) is 25.4. The van der Waals surface area contributed by atoms with Crippen LogP contribution < -0.4 is 0 Å². The van der Waals surface area contributed by atoms with Gasteiger partial charge in [0.15, 0.2) is 0 Å².